The summed E-state index contributed by atoms with van der Waals surface area (Å²) in [6.07, 6.45) is 10.6. The van der Waals surface area contributed by atoms with Crippen LogP contribution in [0.4, 0.5) is 4.39 Å². The van der Waals surface area contributed by atoms with E-state index in [2.05, 4.69) is 23.7 Å². The van der Waals surface area contributed by atoms with Gasteiger partial charge < -0.3 is 15.0 Å². The number of nitrogens with one attached hydrogen (secondary N) is 1. The van der Waals surface area contributed by atoms with Gasteiger partial charge in [0.05, 0.1) is 12.6 Å². The van der Waals surface area contributed by atoms with Gasteiger partial charge in [0.2, 0.25) is 0 Å². The van der Waals surface area contributed by atoms with Gasteiger partial charge in [-0.25, -0.2) is 4.39 Å². The first kappa shape index (κ1) is 22.7. The van der Waals surface area contributed by atoms with Crippen molar-refractivity contribution in [2.45, 2.75) is 89.8 Å². The molecule has 1 aromatic heterocycles. The van der Waals surface area contributed by atoms with Gasteiger partial charge in [0.25, 0.3) is 0 Å². The standard InChI is InChI=1S/C27H37FN2O.ClH/c1-17-18-10-26(2)11-19(17)13-27(12-18,16-26)29-14-21(31)15-30-24-6-4-3-5-22(24)23-9-20(28)7-8-25(23)30;/h7-9,17-19,21,29,31H,3-6,10-16H2,1-2H3;1H. The summed E-state index contributed by atoms with van der Waals surface area (Å²) >= 11 is 0. The van der Waals surface area contributed by atoms with Crippen molar-refractivity contribution < 1.29 is 9.50 Å². The van der Waals surface area contributed by atoms with E-state index in [1.54, 1.807) is 12.1 Å². The Morgan fingerprint density at radius 2 is 1.88 bits per heavy atom. The fourth-order valence-electron chi connectivity index (χ4n) is 8.45. The summed E-state index contributed by atoms with van der Waals surface area (Å²) in [7, 11) is 0. The molecule has 3 unspecified atom stereocenters. The molecule has 2 N–H and O–H groups in total. The van der Waals surface area contributed by atoms with E-state index in [1.807, 2.05) is 6.07 Å². The molecule has 4 saturated carbocycles. The largest absolute Gasteiger partial charge is 0.390 e. The summed E-state index contributed by atoms with van der Waals surface area (Å²) in [6, 6.07) is 5.16. The molecule has 5 aliphatic rings. The van der Waals surface area contributed by atoms with E-state index in [4.69, 9.17) is 0 Å². The van der Waals surface area contributed by atoms with Gasteiger partial charge in [-0.2, -0.15) is 0 Å². The maximum Gasteiger partial charge on any atom is 0.123 e. The minimum atomic E-state index is -0.426. The molecule has 0 saturated heterocycles. The van der Waals surface area contributed by atoms with Crippen molar-refractivity contribution in [3.05, 3.63) is 35.3 Å². The molecule has 0 radical (unpaired) electrons. The predicted octanol–water partition coefficient (Wildman–Crippen LogP) is 5.64. The zero-order valence-corrected chi connectivity index (χ0v) is 20.3. The van der Waals surface area contributed by atoms with Gasteiger partial charge in [0.1, 0.15) is 5.82 Å². The normalized spacial score (nSPS) is 36.2. The van der Waals surface area contributed by atoms with Crippen molar-refractivity contribution in [3.63, 3.8) is 0 Å². The molecule has 5 heteroatoms. The molecule has 176 valence electrons. The Hall–Kier alpha value is -1.10. The molecule has 32 heavy (non-hydrogen) atoms. The quantitative estimate of drug-likeness (QED) is 0.606. The van der Waals surface area contributed by atoms with Gasteiger partial charge in [-0.15, -0.1) is 12.4 Å². The number of rotatable bonds is 5. The second-order valence-electron chi connectivity index (χ2n) is 11.9. The fourth-order valence-corrected chi connectivity index (χ4v) is 8.45. The van der Waals surface area contributed by atoms with Crippen LogP contribution >= 0.6 is 12.4 Å². The SMILES string of the molecule is CC1C2CC3(C)CC1CC(NCC(O)Cn1c4c(c5cc(F)ccc51)CCCC4)(C2)C3.Cl. The van der Waals surface area contributed by atoms with E-state index in [0.29, 0.717) is 18.5 Å². The van der Waals surface area contributed by atoms with Gasteiger partial charge in [0.15, 0.2) is 0 Å². The molecule has 4 bridgehead atoms. The number of hydrogen-bond acceptors (Lipinski definition) is 2. The van der Waals surface area contributed by atoms with Gasteiger partial charge in [-0.1, -0.05) is 13.8 Å². The number of hydrogen-bond donors (Lipinski definition) is 2. The molecule has 7 rings (SSSR count). The molecule has 4 fully saturated rings. The van der Waals surface area contributed by atoms with Gasteiger partial charge in [-0.05, 0) is 105 Å². The molecular weight excluding hydrogens is 423 g/mol. The number of aliphatic hydroxyl groups excluding tert-OH is 1. The van der Waals surface area contributed by atoms with Crippen LogP contribution in [0.25, 0.3) is 10.9 Å². The number of aryl methyl sites for hydroxylation is 1. The van der Waals surface area contributed by atoms with E-state index in [0.717, 1.165) is 41.5 Å². The number of aliphatic hydroxyl groups is 1. The van der Waals surface area contributed by atoms with Crippen molar-refractivity contribution in [2.75, 3.05) is 6.54 Å². The van der Waals surface area contributed by atoms with E-state index in [-0.39, 0.29) is 23.8 Å². The van der Waals surface area contributed by atoms with E-state index >= 15 is 0 Å². The zero-order chi connectivity index (χ0) is 21.4. The van der Waals surface area contributed by atoms with Gasteiger partial charge in [0, 0.05) is 28.7 Å². The van der Waals surface area contributed by atoms with Crippen LogP contribution < -0.4 is 5.32 Å². The lowest BCUT2D eigenvalue weighted by Gasteiger charge is -2.64. The highest BCUT2D eigenvalue weighted by atomic mass is 35.5. The lowest BCUT2D eigenvalue weighted by Crippen LogP contribution is -2.64. The summed E-state index contributed by atoms with van der Waals surface area (Å²) in [6.45, 7) is 6.23. The highest BCUT2D eigenvalue weighted by Crippen LogP contribution is 2.63. The number of fused-ring (bicyclic) bond motifs is 3. The molecule has 2 aromatic rings. The smallest absolute Gasteiger partial charge is 0.123 e. The monoisotopic (exact) mass is 460 g/mol. The Bertz CT molecular complexity index is 1000. The number of benzene rings is 1. The minimum Gasteiger partial charge on any atom is -0.390 e. The van der Waals surface area contributed by atoms with E-state index in [1.165, 1.54) is 56.2 Å². The van der Waals surface area contributed by atoms with Crippen molar-refractivity contribution >= 4 is 23.3 Å². The Labute approximate surface area is 197 Å². The first-order chi connectivity index (χ1) is 14.8. The second kappa shape index (κ2) is 7.99. The minimum absolute atomic E-state index is 0. The molecule has 0 amide bonds. The van der Waals surface area contributed by atoms with Crippen LogP contribution in [0.15, 0.2) is 18.2 Å². The number of nitrogens with zero attached hydrogens (tertiary/aromatic N) is 1. The first-order valence-electron chi connectivity index (χ1n) is 12.6. The fraction of sp³-hybridized carbons (Fsp3) is 0.704. The summed E-state index contributed by atoms with van der Waals surface area (Å²) in [5, 5.41) is 16.0. The second-order valence-corrected chi connectivity index (χ2v) is 11.9. The Morgan fingerprint density at radius 3 is 2.62 bits per heavy atom. The summed E-state index contributed by atoms with van der Waals surface area (Å²) < 4.78 is 16.2. The van der Waals surface area contributed by atoms with E-state index < -0.39 is 6.10 Å². The van der Waals surface area contributed by atoms with Gasteiger partial charge in [-0.3, -0.25) is 0 Å². The average molecular weight is 461 g/mol. The average Bonchev–Trinajstić information content (AvgIpc) is 3.02. The van der Waals surface area contributed by atoms with Crippen molar-refractivity contribution in [1.82, 2.24) is 9.88 Å². The molecular formula is C27H38ClFN2O. The lowest BCUT2D eigenvalue weighted by molar-refractivity contribution is -0.108. The molecule has 3 atom stereocenters. The molecule has 1 heterocycles. The van der Waals surface area contributed by atoms with Crippen LogP contribution in [-0.4, -0.2) is 27.9 Å². The summed E-state index contributed by atoms with van der Waals surface area (Å²) in [5.41, 5.74) is 4.44. The summed E-state index contributed by atoms with van der Waals surface area (Å²) in [5.74, 6) is 2.41. The van der Waals surface area contributed by atoms with Crippen LogP contribution in [0.1, 0.15) is 70.1 Å². The third kappa shape index (κ3) is 3.61. The maximum absolute atomic E-state index is 13.9. The molecule has 3 nitrogen and oxygen atoms in total. The maximum atomic E-state index is 13.9. The van der Waals surface area contributed by atoms with Crippen LogP contribution in [0.2, 0.25) is 0 Å². The van der Waals surface area contributed by atoms with Crippen LogP contribution in [-0.2, 0) is 19.4 Å². The highest BCUT2D eigenvalue weighted by Gasteiger charge is 2.58. The molecule has 0 aliphatic heterocycles. The zero-order valence-electron chi connectivity index (χ0n) is 19.5. The van der Waals surface area contributed by atoms with Crippen molar-refractivity contribution in [3.8, 4) is 0 Å². The first-order valence-corrected chi connectivity index (χ1v) is 12.6. The Balaban J connectivity index is 0.00000216. The highest BCUT2D eigenvalue weighted by molar-refractivity contribution is 5.86. The van der Waals surface area contributed by atoms with Crippen LogP contribution in [0.3, 0.4) is 0 Å². The van der Waals surface area contributed by atoms with Crippen molar-refractivity contribution in [2.24, 2.45) is 23.2 Å². The lowest BCUT2D eigenvalue weighted by atomic mass is 9.44. The molecule has 0 spiro atoms. The van der Waals surface area contributed by atoms with Gasteiger partial charge >= 0.3 is 0 Å². The summed E-state index contributed by atoms with van der Waals surface area (Å²) in [4.78, 5) is 0. The topological polar surface area (TPSA) is 37.2 Å². The Kier molecular flexibility index (Phi) is 5.66. The third-order valence-electron chi connectivity index (χ3n) is 9.51. The number of β-amino-alcohol motifs (C(OH)–C–C–N with tert-alkyl or cyclic N) is 1. The number of halogens is 2. The molecule has 1 aromatic carbocycles. The third-order valence-corrected chi connectivity index (χ3v) is 9.51. The number of aromatic nitrogens is 1. The van der Waals surface area contributed by atoms with E-state index in [9.17, 15) is 9.50 Å². The molecule has 5 aliphatic carbocycles. The predicted molar refractivity (Wildman–Crippen MR) is 130 cm³/mol. The van der Waals surface area contributed by atoms with Crippen LogP contribution in [0.5, 0.6) is 0 Å². The Morgan fingerprint density at radius 1 is 1.16 bits per heavy atom. The van der Waals surface area contributed by atoms with Crippen LogP contribution in [0, 0.1) is 29.0 Å². The van der Waals surface area contributed by atoms with Crippen molar-refractivity contribution in [1.29, 1.82) is 0 Å².